The Balaban J connectivity index is 2.05. The molecule has 0 bridgehead atoms. The molecule has 0 fully saturated rings. The van der Waals surface area contributed by atoms with E-state index < -0.39 is 23.9 Å². The molecule has 0 saturated heterocycles. The number of H-pyrrole nitrogens is 2. The standard InChI is InChI=1S/C18H25N5O4/c1-11(2)6-14(23-18(27)15-8-19-10-21-15)17(26)22-13(9-24)7-12-4-3-5-20-16(12)25/h3-5,8,10-11,13-14,24H,6-7,9H2,1-2H3,(H,19,21)(H,20,25)(H,22,26)(H,23,27)/t13-,14-/m0/s1. The molecule has 146 valence electrons. The molecule has 2 atom stereocenters. The van der Waals surface area contributed by atoms with Gasteiger partial charge in [0, 0.05) is 18.2 Å². The highest BCUT2D eigenvalue weighted by Crippen LogP contribution is 2.07. The van der Waals surface area contributed by atoms with E-state index in [1.807, 2.05) is 13.8 Å². The number of nitrogens with one attached hydrogen (secondary N) is 4. The van der Waals surface area contributed by atoms with Gasteiger partial charge in [-0.1, -0.05) is 19.9 Å². The topological polar surface area (TPSA) is 140 Å². The molecule has 27 heavy (non-hydrogen) atoms. The van der Waals surface area contributed by atoms with Crippen LogP contribution in [0.5, 0.6) is 0 Å². The first-order valence-corrected chi connectivity index (χ1v) is 8.77. The van der Waals surface area contributed by atoms with E-state index in [-0.39, 0.29) is 30.2 Å². The van der Waals surface area contributed by atoms with Crippen molar-refractivity contribution in [1.82, 2.24) is 25.6 Å². The highest BCUT2D eigenvalue weighted by atomic mass is 16.3. The average Bonchev–Trinajstić information content (AvgIpc) is 3.16. The molecule has 0 spiro atoms. The molecule has 9 heteroatoms. The summed E-state index contributed by atoms with van der Waals surface area (Å²) < 4.78 is 0. The molecular formula is C18H25N5O4. The highest BCUT2D eigenvalue weighted by molar-refractivity contribution is 5.96. The molecule has 0 radical (unpaired) electrons. The van der Waals surface area contributed by atoms with Gasteiger partial charge in [0.15, 0.2) is 0 Å². The Kier molecular flexibility index (Phi) is 7.30. The summed E-state index contributed by atoms with van der Waals surface area (Å²) in [6.07, 6.45) is 4.88. The molecule has 2 rings (SSSR count). The number of hydrogen-bond donors (Lipinski definition) is 5. The molecule has 0 aliphatic carbocycles. The summed E-state index contributed by atoms with van der Waals surface area (Å²) in [5, 5.41) is 15.0. The molecule has 0 aliphatic rings. The van der Waals surface area contributed by atoms with E-state index in [0.29, 0.717) is 12.0 Å². The Morgan fingerprint density at radius 3 is 2.63 bits per heavy atom. The van der Waals surface area contributed by atoms with Gasteiger partial charge in [-0.3, -0.25) is 14.4 Å². The van der Waals surface area contributed by atoms with Gasteiger partial charge < -0.3 is 25.7 Å². The van der Waals surface area contributed by atoms with Crippen LogP contribution in [-0.2, 0) is 11.2 Å². The van der Waals surface area contributed by atoms with Crippen molar-refractivity contribution in [1.29, 1.82) is 0 Å². The summed E-state index contributed by atoms with van der Waals surface area (Å²) in [4.78, 5) is 45.8. The molecular weight excluding hydrogens is 350 g/mol. The van der Waals surface area contributed by atoms with Crippen LogP contribution < -0.4 is 16.2 Å². The third-order valence-electron chi connectivity index (χ3n) is 4.00. The minimum atomic E-state index is -0.774. The van der Waals surface area contributed by atoms with E-state index in [2.05, 4.69) is 25.6 Å². The number of rotatable bonds is 9. The van der Waals surface area contributed by atoms with Gasteiger partial charge in [0.2, 0.25) is 5.91 Å². The number of imidazole rings is 1. The normalized spacial score (nSPS) is 13.2. The van der Waals surface area contributed by atoms with E-state index in [1.54, 1.807) is 12.1 Å². The fourth-order valence-electron chi connectivity index (χ4n) is 2.66. The zero-order valence-corrected chi connectivity index (χ0v) is 15.4. The molecule has 0 aliphatic heterocycles. The summed E-state index contributed by atoms with van der Waals surface area (Å²) in [7, 11) is 0. The molecule has 2 aromatic rings. The third kappa shape index (κ3) is 6.07. The minimum absolute atomic E-state index is 0.160. The van der Waals surface area contributed by atoms with Crippen molar-refractivity contribution in [2.75, 3.05) is 6.61 Å². The van der Waals surface area contributed by atoms with Gasteiger partial charge in [0.25, 0.3) is 11.5 Å². The number of aromatic nitrogens is 3. The molecule has 2 heterocycles. The highest BCUT2D eigenvalue weighted by Gasteiger charge is 2.25. The lowest BCUT2D eigenvalue weighted by atomic mass is 10.0. The maximum absolute atomic E-state index is 12.7. The quantitative estimate of drug-likeness (QED) is 0.418. The zero-order chi connectivity index (χ0) is 19.8. The Morgan fingerprint density at radius 2 is 2.04 bits per heavy atom. The Hall–Kier alpha value is -2.94. The van der Waals surface area contributed by atoms with Crippen LogP contribution >= 0.6 is 0 Å². The number of nitrogens with zero attached hydrogens (tertiary/aromatic N) is 1. The molecule has 0 saturated carbocycles. The number of amides is 2. The predicted octanol–water partition coefficient (Wildman–Crippen LogP) is -0.0377. The average molecular weight is 375 g/mol. The molecule has 0 unspecified atom stereocenters. The van der Waals surface area contributed by atoms with Crippen molar-refractivity contribution in [2.24, 2.45) is 5.92 Å². The summed E-state index contributed by atoms with van der Waals surface area (Å²) >= 11 is 0. The van der Waals surface area contributed by atoms with Crippen LogP contribution in [0.2, 0.25) is 0 Å². The predicted molar refractivity (Wildman–Crippen MR) is 99.1 cm³/mol. The second-order valence-electron chi connectivity index (χ2n) is 6.74. The summed E-state index contributed by atoms with van der Waals surface area (Å²) in [5.74, 6) is -0.691. The number of carbonyl (C=O) groups is 2. The van der Waals surface area contributed by atoms with E-state index in [9.17, 15) is 19.5 Å². The lowest BCUT2D eigenvalue weighted by molar-refractivity contribution is -0.124. The van der Waals surface area contributed by atoms with Crippen LogP contribution in [0.15, 0.2) is 35.6 Å². The molecule has 9 nitrogen and oxygen atoms in total. The minimum Gasteiger partial charge on any atom is -0.394 e. The van der Waals surface area contributed by atoms with Crippen molar-refractivity contribution in [2.45, 2.75) is 38.8 Å². The van der Waals surface area contributed by atoms with Crippen LogP contribution in [0.25, 0.3) is 0 Å². The molecule has 2 aromatic heterocycles. The van der Waals surface area contributed by atoms with Crippen molar-refractivity contribution in [3.05, 3.63) is 52.5 Å². The van der Waals surface area contributed by atoms with Gasteiger partial charge in [-0.05, 0) is 18.4 Å². The summed E-state index contributed by atoms with van der Waals surface area (Å²) in [6, 6.07) is 1.90. The SMILES string of the molecule is CC(C)C[C@H](NC(=O)c1cnc[nH]1)C(=O)N[C@H](CO)Cc1ccc[nH]c1=O. The van der Waals surface area contributed by atoms with Crippen LogP contribution in [0.4, 0.5) is 0 Å². The van der Waals surface area contributed by atoms with Crippen molar-refractivity contribution >= 4 is 11.8 Å². The van der Waals surface area contributed by atoms with Crippen LogP contribution in [0, 0.1) is 5.92 Å². The first kappa shape index (κ1) is 20.4. The first-order valence-electron chi connectivity index (χ1n) is 8.77. The molecule has 2 amide bonds. The smallest absolute Gasteiger partial charge is 0.269 e. The largest absolute Gasteiger partial charge is 0.394 e. The lowest BCUT2D eigenvalue weighted by Crippen LogP contribution is -2.51. The van der Waals surface area contributed by atoms with Gasteiger partial charge in [0.05, 0.1) is 25.2 Å². The molecule has 0 aromatic carbocycles. The van der Waals surface area contributed by atoms with Gasteiger partial charge in [-0.15, -0.1) is 0 Å². The monoisotopic (exact) mass is 375 g/mol. The van der Waals surface area contributed by atoms with Gasteiger partial charge in [-0.2, -0.15) is 0 Å². The number of aromatic amines is 2. The van der Waals surface area contributed by atoms with E-state index in [1.165, 1.54) is 18.7 Å². The third-order valence-corrected chi connectivity index (χ3v) is 4.00. The Labute approximate surface area is 156 Å². The van der Waals surface area contributed by atoms with Crippen molar-refractivity contribution < 1.29 is 14.7 Å². The van der Waals surface area contributed by atoms with E-state index >= 15 is 0 Å². The van der Waals surface area contributed by atoms with E-state index in [4.69, 9.17) is 0 Å². The van der Waals surface area contributed by atoms with Crippen LogP contribution in [-0.4, -0.2) is 50.6 Å². The number of hydrogen-bond acceptors (Lipinski definition) is 5. The van der Waals surface area contributed by atoms with Gasteiger partial charge in [0.1, 0.15) is 11.7 Å². The second kappa shape index (κ2) is 9.67. The van der Waals surface area contributed by atoms with Gasteiger partial charge in [-0.25, -0.2) is 4.98 Å². The number of aliphatic hydroxyl groups excluding tert-OH is 1. The Morgan fingerprint density at radius 1 is 1.26 bits per heavy atom. The number of aliphatic hydroxyl groups is 1. The maximum atomic E-state index is 12.7. The summed E-state index contributed by atoms with van der Waals surface area (Å²) in [6.45, 7) is 3.55. The number of pyridine rings is 1. The second-order valence-corrected chi connectivity index (χ2v) is 6.74. The fourth-order valence-corrected chi connectivity index (χ4v) is 2.66. The lowest BCUT2D eigenvalue weighted by Gasteiger charge is -2.23. The maximum Gasteiger partial charge on any atom is 0.269 e. The van der Waals surface area contributed by atoms with Crippen molar-refractivity contribution in [3.8, 4) is 0 Å². The first-order chi connectivity index (χ1) is 12.9. The van der Waals surface area contributed by atoms with Crippen molar-refractivity contribution in [3.63, 3.8) is 0 Å². The van der Waals surface area contributed by atoms with Crippen LogP contribution in [0.1, 0.15) is 36.3 Å². The number of carbonyl (C=O) groups excluding carboxylic acids is 2. The molecule has 5 N–H and O–H groups in total. The van der Waals surface area contributed by atoms with E-state index in [0.717, 1.165) is 0 Å². The zero-order valence-electron chi connectivity index (χ0n) is 15.4. The fraction of sp³-hybridized carbons (Fsp3) is 0.444. The summed E-state index contributed by atoms with van der Waals surface area (Å²) in [5.41, 5.74) is 0.446. The van der Waals surface area contributed by atoms with Gasteiger partial charge >= 0.3 is 0 Å². The Bertz CT molecular complexity index is 800. The van der Waals surface area contributed by atoms with Crippen LogP contribution in [0.3, 0.4) is 0 Å².